The van der Waals surface area contributed by atoms with Gasteiger partial charge in [0.2, 0.25) is 0 Å². The average Bonchev–Trinajstić information content (AvgIpc) is 2.73. The Labute approximate surface area is 138 Å². The van der Waals surface area contributed by atoms with Crippen LogP contribution < -0.4 is 4.72 Å². The molecule has 0 saturated carbocycles. The molecule has 1 aromatic carbocycles. The van der Waals surface area contributed by atoms with Gasteiger partial charge in [0.05, 0.1) is 20.1 Å². The molecule has 0 aliphatic carbocycles. The molecule has 1 aromatic heterocycles. The number of aryl methyl sites for hydroxylation is 1. The van der Waals surface area contributed by atoms with Crippen molar-refractivity contribution < 1.29 is 18.3 Å². The molecule has 0 fully saturated rings. The lowest BCUT2D eigenvalue weighted by atomic mass is 10.1. The Bertz CT molecular complexity index is 797. The quantitative estimate of drug-likeness (QED) is 0.799. The van der Waals surface area contributed by atoms with Crippen LogP contribution in [0.3, 0.4) is 0 Å². The number of sulfonamides is 1. The molecule has 0 amide bonds. The lowest BCUT2D eigenvalue weighted by Gasteiger charge is -2.10. The van der Waals surface area contributed by atoms with Gasteiger partial charge in [0.25, 0.3) is 10.0 Å². The number of anilines is 1. The first-order valence-electron chi connectivity index (χ1n) is 5.52. The smallest absolute Gasteiger partial charge is 0.335 e. The van der Waals surface area contributed by atoms with E-state index >= 15 is 0 Å². The summed E-state index contributed by atoms with van der Waals surface area (Å²) in [6.07, 6.45) is 0. The number of aromatic carboxylic acids is 1. The molecule has 0 bridgehead atoms. The number of benzene rings is 1. The highest BCUT2D eigenvalue weighted by Crippen LogP contribution is 2.35. The summed E-state index contributed by atoms with van der Waals surface area (Å²) in [6, 6.07) is 5.56. The Balaban J connectivity index is 2.41. The summed E-state index contributed by atoms with van der Waals surface area (Å²) in [5.41, 5.74) is 0.838. The van der Waals surface area contributed by atoms with Gasteiger partial charge in [-0.25, -0.2) is 13.2 Å². The number of thiophene rings is 1. The minimum absolute atomic E-state index is 0.00342. The second-order valence-electron chi connectivity index (χ2n) is 4.13. The third-order valence-electron chi connectivity index (χ3n) is 2.62. The Morgan fingerprint density at radius 2 is 2.05 bits per heavy atom. The van der Waals surface area contributed by atoms with Crippen molar-refractivity contribution in [3.8, 4) is 0 Å². The molecule has 5 nitrogen and oxygen atoms in total. The number of hydrogen-bond donors (Lipinski definition) is 2. The van der Waals surface area contributed by atoms with Crippen LogP contribution in [0.4, 0.5) is 5.69 Å². The first-order chi connectivity index (χ1) is 9.70. The van der Waals surface area contributed by atoms with Gasteiger partial charge in [-0.2, -0.15) is 0 Å². The minimum atomic E-state index is -3.82. The van der Waals surface area contributed by atoms with E-state index in [2.05, 4.69) is 20.7 Å². The predicted molar refractivity (Wildman–Crippen MR) is 86.0 cm³/mol. The molecule has 0 aliphatic rings. The largest absolute Gasteiger partial charge is 0.478 e. The topological polar surface area (TPSA) is 83.5 Å². The van der Waals surface area contributed by atoms with Crippen LogP contribution in [-0.4, -0.2) is 19.5 Å². The maximum Gasteiger partial charge on any atom is 0.335 e. The fourth-order valence-electron chi connectivity index (χ4n) is 1.52. The van der Waals surface area contributed by atoms with E-state index in [0.29, 0.717) is 14.4 Å². The predicted octanol–water partition coefficient (Wildman–Crippen LogP) is 3.97. The lowest BCUT2D eigenvalue weighted by molar-refractivity contribution is 0.0697. The summed E-state index contributed by atoms with van der Waals surface area (Å²) < 4.78 is 27.5. The molecule has 2 aromatic rings. The number of nitrogens with one attached hydrogen (secondary N) is 1. The zero-order valence-electron chi connectivity index (χ0n) is 10.6. The highest BCUT2D eigenvalue weighted by atomic mass is 79.9. The molecule has 2 rings (SSSR count). The van der Waals surface area contributed by atoms with Crippen molar-refractivity contribution in [2.24, 2.45) is 0 Å². The summed E-state index contributed by atoms with van der Waals surface area (Å²) in [5, 5.41) is 9.26. The van der Waals surface area contributed by atoms with Gasteiger partial charge in [-0.15, -0.1) is 11.3 Å². The van der Waals surface area contributed by atoms with Crippen LogP contribution in [0.1, 0.15) is 15.9 Å². The van der Waals surface area contributed by atoms with Crippen molar-refractivity contribution in [2.75, 3.05) is 4.72 Å². The Kier molecular flexibility index (Phi) is 4.62. The monoisotopic (exact) mass is 409 g/mol. The van der Waals surface area contributed by atoms with E-state index in [9.17, 15) is 13.2 Å². The van der Waals surface area contributed by atoms with E-state index in [1.165, 1.54) is 18.2 Å². The van der Waals surface area contributed by atoms with Gasteiger partial charge < -0.3 is 5.11 Å². The van der Waals surface area contributed by atoms with E-state index in [0.717, 1.165) is 11.3 Å². The van der Waals surface area contributed by atoms with Gasteiger partial charge in [-0.1, -0.05) is 17.7 Å². The molecule has 0 atom stereocenters. The van der Waals surface area contributed by atoms with E-state index in [1.807, 2.05) is 0 Å². The van der Waals surface area contributed by atoms with Crippen molar-refractivity contribution in [3.05, 3.63) is 44.2 Å². The van der Waals surface area contributed by atoms with Crippen molar-refractivity contribution >= 4 is 60.5 Å². The van der Waals surface area contributed by atoms with Gasteiger partial charge in [0.1, 0.15) is 4.21 Å². The van der Waals surface area contributed by atoms with Crippen LogP contribution >= 0.6 is 38.9 Å². The number of halogens is 2. The number of carboxylic acid groups (broad SMARTS) is 1. The molecule has 2 N–H and O–H groups in total. The summed E-state index contributed by atoms with van der Waals surface area (Å²) in [5.74, 6) is -1.13. The molecule has 0 unspecified atom stereocenters. The SMILES string of the molecule is Cc1ccc(C(=O)O)cc1NS(=O)(=O)c1cc(Cl)c(Br)s1. The summed E-state index contributed by atoms with van der Waals surface area (Å²) in [4.78, 5) is 10.9. The molecule has 0 saturated heterocycles. The standard InChI is InChI=1S/C12H9BrClNO4S2/c1-6-2-3-7(12(16)17)4-9(6)15-21(18,19)10-5-8(14)11(13)20-10/h2-5,15H,1H3,(H,16,17). The molecule has 112 valence electrons. The molecule has 21 heavy (non-hydrogen) atoms. The molecule has 9 heteroatoms. The fourth-order valence-corrected chi connectivity index (χ4v) is 5.04. The van der Waals surface area contributed by atoms with Crippen molar-refractivity contribution in [1.29, 1.82) is 0 Å². The summed E-state index contributed by atoms with van der Waals surface area (Å²) in [7, 11) is -3.82. The van der Waals surface area contributed by atoms with Crippen molar-refractivity contribution in [2.45, 2.75) is 11.1 Å². The lowest BCUT2D eigenvalue weighted by Crippen LogP contribution is -2.13. The van der Waals surface area contributed by atoms with Crippen LogP contribution in [0.15, 0.2) is 32.3 Å². The first-order valence-corrected chi connectivity index (χ1v) is 8.99. The maximum absolute atomic E-state index is 12.3. The third-order valence-corrected chi connectivity index (χ3v) is 6.93. The van der Waals surface area contributed by atoms with Crippen LogP contribution in [0.5, 0.6) is 0 Å². The van der Waals surface area contributed by atoms with E-state index in [4.69, 9.17) is 16.7 Å². The Morgan fingerprint density at radius 3 is 2.57 bits per heavy atom. The van der Waals surface area contributed by atoms with Crippen LogP contribution in [0.2, 0.25) is 5.02 Å². The Hall–Kier alpha value is -1.09. The third kappa shape index (κ3) is 3.57. The summed E-state index contributed by atoms with van der Waals surface area (Å²) >= 11 is 9.96. The zero-order valence-corrected chi connectivity index (χ0v) is 14.5. The Morgan fingerprint density at radius 1 is 1.38 bits per heavy atom. The van der Waals surface area contributed by atoms with E-state index < -0.39 is 16.0 Å². The fraction of sp³-hybridized carbons (Fsp3) is 0.0833. The number of hydrogen-bond acceptors (Lipinski definition) is 4. The van der Waals surface area contributed by atoms with Crippen LogP contribution in [0.25, 0.3) is 0 Å². The molecule has 0 spiro atoms. The highest BCUT2D eigenvalue weighted by Gasteiger charge is 2.20. The average molecular weight is 411 g/mol. The molecule has 0 aliphatic heterocycles. The molecule has 0 radical (unpaired) electrons. The normalized spacial score (nSPS) is 11.4. The number of carboxylic acids is 1. The second kappa shape index (κ2) is 5.96. The van der Waals surface area contributed by atoms with Gasteiger partial charge in [-0.3, -0.25) is 4.72 Å². The van der Waals surface area contributed by atoms with Gasteiger partial charge >= 0.3 is 5.97 Å². The summed E-state index contributed by atoms with van der Waals surface area (Å²) in [6.45, 7) is 1.68. The number of rotatable bonds is 4. The van der Waals surface area contributed by atoms with Crippen molar-refractivity contribution in [1.82, 2.24) is 0 Å². The highest BCUT2D eigenvalue weighted by molar-refractivity contribution is 9.11. The molecular weight excluding hydrogens is 402 g/mol. The van der Waals surface area contributed by atoms with Crippen LogP contribution in [0, 0.1) is 6.92 Å². The van der Waals surface area contributed by atoms with Crippen LogP contribution in [-0.2, 0) is 10.0 Å². The number of carbonyl (C=O) groups is 1. The zero-order chi connectivity index (χ0) is 15.8. The second-order valence-corrected chi connectivity index (χ2v) is 8.81. The maximum atomic E-state index is 12.3. The molecular formula is C12H9BrClNO4S2. The van der Waals surface area contributed by atoms with Gasteiger partial charge in [0.15, 0.2) is 0 Å². The van der Waals surface area contributed by atoms with Crippen molar-refractivity contribution in [3.63, 3.8) is 0 Å². The minimum Gasteiger partial charge on any atom is -0.478 e. The van der Waals surface area contributed by atoms with Gasteiger partial charge in [-0.05, 0) is 46.6 Å². The van der Waals surface area contributed by atoms with Gasteiger partial charge in [0, 0.05) is 0 Å². The first kappa shape index (κ1) is 16.3. The van der Waals surface area contributed by atoms with E-state index in [-0.39, 0.29) is 15.5 Å². The van der Waals surface area contributed by atoms with E-state index in [1.54, 1.807) is 13.0 Å². The molecule has 1 heterocycles.